The minimum absolute atomic E-state index is 0.0717. The van der Waals surface area contributed by atoms with Gasteiger partial charge in [0.15, 0.2) is 12.2 Å². The number of amides is 1. The third-order valence-electron chi connectivity index (χ3n) is 5.77. The van der Waals surface area contributed by atoms with Gasteiger partial charge in [-0.2, -0.15) is 0 Å². The average molecular weight is 624 g/mol. The van der Waals surface area contributed by atoms with Crippen LogP contribution in [-0.2, 0) is 65.0 Å². The van der Waals surface area contributed by atoms with Crippen molar-refractivity contribution in [3.63, 3.8) is 0 Å². The van der Waals surface area contributed by atoms with Crippen molar-refractivity contribution in [2.24, 2.45) is 0 Å². The van der Waals surface area contributed by atoms with E-state index in [4.69, 9.17) is 28.0 Å². The molecule has 0 aromatic heterocycles. The lowest BCUT2D eigenvalue weighted by Crippen LogP contribution is -2.65. The van der Waals surface area contributed by atoms with Crippen LogP contribution in [-0.4, -0.2) is 60.2 Å². The number of esters is 3. The van der Waals surface area contributed by atoms with Crippen LogP contribution in [0.2, 0.25) is 0 Å². The van der Waals surface area contributed by atoms with Crippen molar-refractivity contribution in [3.05, 3.63) is 71.8 Å². The Labute approximate surface area is 248 Å². The maximum absolute atomic E-state index is 14.3. The maximum atomic E-state index is 14.3. The van der Waals surface area contributed by atoms with Crippen molar-refractivity contribution in [1.29, 1.82) is 0 Å². The van der Waals surface area contributed by atoms with Crippen molar-refractivity contribution in [3.8, 4) is 0 Å². The summed E-state index contributed by atoms with van der Waals surface area (Å²) in [4.78, 5) is 48.0. The second-order valence-electron chi connectivity index (χ2n) is 9.29. The molecule has 12 nitrogen and oxygen atoms in total. The van der Waals surface area contributed by atoms with Gasteiger partial charge in [-0.05, 0) is 22.5 Å². The number of benzene rings is 2. The Kier molecular flexibility index (Phi) is 12.6. The van der Waals surface area contributed by atoms with E-state index in [9.17, 15) is 23.7 Å². The highest BCUT2D eigenvalue weighted by Crippen LogP contribution is 2.64. The number of nitrogens with one attached hydrogen (secondary N) is 1. The summed E-state index contributed by atoms with van der Waals surface area (Å²) in [6.45, 7) is 0.0780. The number of rotatable bonds is 13. The van der Waals surface area contributed by atoms with Gasteiger partial charge < -0.3 is 24.3 Å². The molecule has 1 heterocycles. The maximum Gasteiger partial charge on any atom is 0.392 e. The standard InChI is InChI=1S/C28H34NO11PS/c1-18(30)29-25-27(39-21(4)33)26(38-20(3)32)24(17-35-19(2)31)40-28(25)42-41(34,36-15-22-11-7-5-8-12-22)37-16-23-13-9-6-10-14-23/h5-14,24-28H,15-17H2,1-4H3,(H,29,30)/t24-,25-,26-,27-,28-/m1/s1. The van der Waals surface area contributed by atoms with E-state index in [0.29, 0.717) is 11.4 Å². The minimum atomic E-state index is -4.09. The molecule has 1 aliphatic rings. The normalized spacial score (nSPS) is 22.0. The Hall–Kier alpha value is -3.22. The van der Waals surface area contributed by atoms with Crippen LogP contribution in [0, 0.1) is 0 Å². The zero-order chi connectivity index (χ0) is 30.7. The predicted molar refractivity (Wildman–Crippen MR) is 152 cm³/mol. The summed E-state index contributed by atoms with van der Waals surface area (Å²) < 4.78 is 48.2. The van der Waals surface area contributed by atoms with E-state index in [0.717, 1.165) is 25.0 Å². The topological polar surface area (TPSA) is 153 Å². The molecular weight excluding hydrogens is 589 g/mol. The van der Waals surface area contributed by atoms with Gasteiger partial charge in [0.25, 0.3) is 0 Å². The summed E-state index contributed by atoms with van der Waals surface area (Å²) in [5.41, 5.74) is 0.220. The van der Waals surface area contributed by atoms with Crippen LogP contribution in [0.1, 0.15) is 38.8 Å². The lowest BCUT2D eigenvalue weighted by molar-refractivity contribution is -0.211. The van der Waals surface area contributed by atoms with E-state index in [2.05, 4.69) is 5.32 Å². The summed E-state index contributed by atoms with van der Waals surface area (Å²) in [7, 11) is 0. The van der Waals surface area contributed by atoms with Crippen LogP contribution in [0.15, 0.2) is 60.7 Å². The molecule has 0 aliphatic carbocycles. The zero-order valence-corrected chi connectivity index (χ0v) is 25.3. The fourth-order valence-electron chi connectivity index (χ4n) is 4.06. The Bertz CT molecular complexity index is 1220. The molecular formula is C28H34NO11PS. The Balaban J connectivity index is 1.98. The molecule has 0 radical (unpaired) electrons. The highest BCUT2D eigenvalue weighted by molar-refractivity contribution is 8.55. The Morgan fingerprint density at radius 3 is 1.74 bits per heavy atom. The van der Waals surface area contributed by atoms with Crippen LogP contribution in [0.5, 0.6) is 0 Å². The molecule has 1 amide bonds. The summed E-state index contributed by atoms with van der Waals surface area (Å²) in [5, 5.41) is 2.65. The van der Waals surface area contributed by atoms with Gasteiger partial charge in [-0.25, -0.2) is 4.57 Å². The monoisotopic (exact) mass is 623 g/mol. The van der Waals surface area contributed by atoms with Crippen molar-refractivity contribution in [2.45, 2.75) is 70.7 Å². The van der Waals surface area contributed by atoms with Gasteiger partial charge in [0.05, 0.1) is 13.2 Å². The van der Waals surface area contributed by atoms with Crippen LogP contribution >= 0.6 is 18.2 Å². The van der Waals surface area contributed by atoms with E-state index >= 15 is 0 Å². The quantitative estimate of drug-likeness (QED) is 0.196. The first-order valence-electron chi connectivity index (χ1n) is 13.0. The number of carbonyl (C=O) groups is 4. The fraction of sp³-hybridized carbons (Fsp3) is 0.429. The molecule has 1 fully saturated rings. The van der Waals surface area contributed by atoms with E-state index < -0.39 is 67.0 Å². The summed E-state index contributed by atoms with van der Waals surface area (Å²) in [5.74, 6) is -2.64. The van der Waals surface area contributed by atoms with Crippen LogP contribution in [0.25, 0.3) is 0 Å². The zero-order valence-electron chi connectivity index (χ0n) is 23.6. The Morgan fingerprint density at radius 2 is 1.29 bits per heavy atom. The van der Waals surface area contributed by atoms with Gasteiger partial charge in [0.1, 0.15) is 24.2 Å². The second-order valence-corrected chi connectivity index (χ2v) is 13.4. The second kappa shape index (κ2) is 15.9. The SMILES string of the molecule is CC(=O)N[C@@H]1[C@@H](OC(C)=O)[C@H](OC(C)=O)[C@@H](COC(C)=O)O[C@@H]1SP(=O)(OCc1ccccc1)OCc1ccccc1. The van der Waals surface area contributed by atoms with Gasteiger partial charge in [0, 0.05) is 27.7 Å². The van der Waals surface area contributed by atoms with E-state index in [-0.39, 0.29) is 13.2 Å². The molecule has 42 heavy (non-hydrogen) atoms. The first-order valence-corrected chi connectivity index (χ1v) is 16.0. The molecule has 228 valence electrons. The third-order valence-corrected chi connectivity index (χ3v) is 9.56. The molecule has 1 aliphatic heterocycles. The van der Waals surface area contributed by atoms with E-state index in [1.54, 1.807) is 48.5 Å². The first-order chi connectivity index (χ1) is 20.0. The van der Waals surface area contributed by atoms with Gasteiger partial charge in [-0.3, -0.25) is 28.2 Å². The number of hydrogen-bond acceptors (Lipinski definition) is 12. The number of hydrogen-bond donors (Lipinski definition) is 1. The molecule has 0 unspecified atom stereocenters. The van der Waals surface area contributed by atoms with Gasteiger partial charge >= 0.3 is 24.7 Å². The highest BCUT2D eigenvalue weighted by atomic mass is 32.7. The molecule has 1 saturated heterocycles. The summed E-state index contributed by atoms with van der Waals surface area (Å²) in [6.07, 6.45) is -3.76. The molecule has 3 rings (SSSR count). The molecule has 0 saturated carbocycles. The van der Waals surface area contributed by atoms with Crippen LogP contribution in [0.3, 0.4) is 0 Å². The molecule has 2 aromatic carbocycles. The molecule has 0 spiro atoms. The number of ether oxygens (including phenoxy) is 4. The highest BCUT2D eigenvalue weighted by Gasteiger charge is 2.53. The van der Waals surface area contributed by atoms with Crippen LogP contribution in [0.4, 0.5) is 0 Å². The number of carbonyl (C=O) groups excluding carboxylic acids is 4. The molecule has 14 heteroatoms. The molecule has 0 bridgehead atoms. The summed E-state index contributed by atoms with van der Waals surface area (Å²) >= 11 is 0.648. The Morgan fingerprint density at radius 1 is 0.786 bits per heavy atom. The lowest BCUT2D eigenvalue weighted by Gasteiger charge is -2.45. The van der Waals surface area contributed by atoms with E-state index in [1.165, 1.54) is 13.8 Å². The minimum Gasteiger partial charge on any atom is -0.463 e. The predicted octanol–water partition coefficient (Wildman–Crippen LogP) is 3.92. The smallest absolute Gasteiger partial charge is 0.392 e. The van der Waals surface area contributed by atoms with Crippen molar-refractivity contribution >= 4 is 42.0 Å². The van der Waals surface area contributed by atoms with Crippen molar-refractivity contribution < 1.29 is 51.7 Å². The third kappa shape index (κ3) is 10.6. The largest absolute Gasteiger partial charge is 0.463 e. The van der Waals surface area contributed by atoms with Crippen molar-refractivity contribution in [2.75, 3.05) is 6.61 Å². The average Bonchev–Trinajstić information content (AvgIpc) is 2.93. The van der Waals surface area contributed by atoms with E-state index in [1.807, 2.05) is 12.1 Å². The lowest BCUT2D eigenvalue weighted by atomic mass is 9.97. The summed E-state index contributed by atoms with van der Waals surface area (Å²) in [6, 6.07) is 16.9. The first kappa shape index (κ1) is 33.3. The van der Waals surface area contributed by atoms with Crippen molar-refractivity contribution in [1.82, 2.24) is 5.32 Å². The molecule has 2 aromatic rings. The van der Waals surface area contributed by atoms with Gasteiger partial charge in [-0.1, -0.05) is 60.7 Å². The molecule has 1 N–H and O–H groups in total. The molecule has 5 atom stereocenters. The fourth-order valence-corrected chi connectivity index (χ4v) is 7.66. The van der Waals surface area contributed by atoms with Gasteiger partial charge in [-0.15, -0.1) is 0 Å². The van der Waals surface area contributed by atoms with Gasteiger partial charge in [0.2, 0.25) is 5.91 Å². The van der Waals surface area contributed by atoms with Crippen LogP contribution < -0.4 is 5.32 Å².